The largest absolute Gasteiger partial charge is 0.472 e. The van der Waals surface area contributed by atoms with Gasteiger partial charge in [-0.25, -0.2) is 9.13 Å². The van der Waals surface area contributed by atoms with E-state index in [9.17, 15) is 43.2 Å². The molecule has 0 bridgehead atoms. The Kier molecular flexibility index (Phi) is 64.0. The number of phosphoric acid groups is 2. The summed E-state index contributed by atoms with van der Waals surface area (Å²) >= 11 is 0. The van der Waals surface area contributed by atoms with Gasteiger partial charge < -0.3 is 33.8 Å². The van der Waals surface area contributed by atoms with Crippen LogP contribution in [0.15, 0.2) is 0 Å². The summed E-state index contributed by atoms with van der Waals surface area (Å²) in [7, 11) is -9.91. The lowest BCUT2D eigenvalue weighted by Crippen LogP contribution is -2.30. The molecule has 0 aliphatic carbocycles. The van der Waals surface area contributed by atoms with Gasteiger partial charge in [-0.2, -0.15) is 0 Å². The predicted molar refractivity (Wildman–Crippen MR) is 386 cm³/mol. The van der Waals surface area contributed by atoms with Crippen LogP contribution in [0.3, 0.4) is 0 Å². The molecule has 0 saturated heterocycles. The van der Waals surface area contributed by atoms with Crippen LogP contribution in [0.2, 0.25) is 0 Å². The number of hydrogen-bond acceptors (Lipinski definition) is 15. The van der Waals surface area contributed by atoms with Crippen molar-refractivity contribution in [2.75, 3.05) is 39.6 Å². The summed E-state index contributed by atoms with van der Waals surface area (Å²) in [6.07, 6.45) is 50.1. The highest BCUT2D eigenvalue weighted by Gasteiger charge is 2.30. The highest BCUT2D eigenvalue weighted by Crippen LogP contribution is 2.45. The lowest BCUT2D eigenvalue weighted by molar-refractivity contribution is -0.161. The molecule has 0 aromatic carbocycles. The monoisotopic (exact) mass is 1400 g/mol. The zero-order chi connectivity index (χ0) is 70.3. The van der Waals surface area contributed by atoms with E-state index in [4.69, 9.17) is 37.0 Å². The first kappa shape index (κ1) is 93.1. The fraction of sp³-hybridized carbons (Fsp3) is 0.947. The number of rotatable bonds is 73. The summed E-state index contributed by atoms with van der Waals surface area (Å²) in [5.41, 5.74) is 0. The van der Waals surface area contributed by atoms with E-state index in [-0.39, 0.29) is 25.7 Å². The molecular weight excluding hydrogens is 1250 g/mol. The maximum Gasteiger partial charge on any atom is 0.472 e. The van der Waals surface area contributed by atoms with Gasteiger partial charge in [-0.3, -0.25) is 37.3 Å². The first-order valence-electron chi connectivity index (χ1n) is 39.3. The Morgan fingerprint density at radius 2 is 0.505 bits per heavy atom. The summed E-state index contributed by atoms with van der Waals surface area (Å²) in [6, 6.07) is 0. The molecular formula is C76H148O17P2. The van der Waals surface area contributed by atoms with Crippen LogP contribution in [-0.4, -0.2) is 96.7 Å². The number of ether oxygens (including phenoxy) is 4. The summed E-state index contributed by atoms with van der Waals surface area (Å²) in [5.74, 6) is 0.948. The van der Waals surface area contributed by atoms with Gasteiger partial charge in [0.05, 0.1) is 26.4 Å². The zero-order valence-electron chi connectivity index (χ0n) is 62.3. The Morgan fingerprint density at radius 1 is 0.295 bits per heavy atom. The van der Waals surface area contributed by atoms with Crippen LogP contribution in [0.1, 0.15) is 383 Å². The van der Waals surface area contributed by atoms with Crippen LogP contribution < -0.4 is 0 Å². The number of hydrogen-bond donors (Lipinski definition) is 3. The van der Waals surface area contributed by atoms with Gasteiger partial charge in [0.1, 0.15) is 19.3 Å². The number of unbranched alkanes of at least 4 members (excludes halogenated alkanes) is 37. The van der Waals surface area contributed by atoms with E-state index in [2.05, 4.69) is 55.4 Å². The van der Waals surface area contributed by atoms with Crippen LogP contribution in [0.5, 0.6) is 0 Å². The third-order valence-corrected chi connectivity index (χ3v) is 20.2. The quantitative estimate of drug-likeness (QED) is 0.0222. The van der Waals surface area contributed by atoms with E-state index in [1.807, 2.05) is 0 Å². The molecule has 0 aromatic heterocycles. The number of carbonyl (C=O) groups is 4. The lowest BCUT2D eigenvalue weighted by atomic mass is 9.99. The third kappa shape index (κ3) is 67.6. The van der Waals surface area contributed by atoms with Gasteiger partial charge in [0, 0.05) is 25.7 Å². The molecule has 7 atom stereocenters. The maximum absolute atomic E-state index is 13.1. The average molecular weight is 1400 g/mol. The van der Waals surface area contributed by atoms with Gasteiger partial charge >= 0.3 is 39.5 Å². The minimum Gasteiger partial charge on any atom is -0.462 e. The number of aliphatic hydroxyl groups excluding tert-OH is 1. The molecule has 0 saturated carbocycles. The molecule has 17 nitrogen and oxygen atoms in total. The Morgan fingerprint density at radius 3 is 0.747 bits per heavy atom. The Bertz CT molecular complexity index is 1870. The standard InChI is InChI=1S/C76H148O17P2/c1-9-68(7)54-46-38-30-24-20-16-12-14-18-22-26-32-42-50-58-75(80)92-71(62-86-73(78)56-48-40-31-25-21-17-13-11-15-19-23-28-36-44-52-66(3)4)64-90-94(82,83)88-60-70(77)61-89-95(84,85)91-65-72(93-76(81)59-51-43-33-27-29-37-45-53-67(5)6)63-87-74(79)57-49-41-35-34-39-47-55-69(8)10-2/h66-72,77H,9-65H2,1-8H3,(H,82,83)(H,84,85)/t68?,69?,70-,71-,72-/m1/s1. The van der Waals surface area contributed by atoms with Gasteiger partial charge in [-0.05, 0) is 49.4 Å². The Balaban J connectivity index is 5.23. The van der Waals surface area contributed by atoms with Crippen molar-refractivity contribution in [1.82, 2.24) is 0 Å². The van der Waals surface area contributed by atoms with Crippen molar-refractivity contribution in [3.05, 3.63) is 0 Å². The van der Waals surface area contributed by atoms with Gasteiger partial charge in [0.25, 0.3) is 0 Å². The predicted octanol–water partition coefficient (Wildman–Crippen LogP) is 22.0. The van der Waals surface area contributed by atoms with Crippen LogP contribution >= 0.6 is 15.6 Å². The molecule has 4 unspecified atom stereocenters. The molecule has 95 heavy (non-hydrogen) atoms. The van der Waals surface area contributed by atoms with Crippen molar-refractivity contribution in [1.29, 1.82) is 0 Å². The van der Waals surface area contributed by atoms with Crippen LogP contribution in [0.25, 0.3) is 0 Å². The molecule has 19 heteroatoms. The van der Waals surface area contributed by atoms with Crippen molar-refractivity contribution in [3.63, 3.8) is 0 Å². The van der Waals surface area contributed by atoms with Crippen molar-refractivity contribution in [2.45, 2.75) is 401 Å². The molecule has 3 N–H and O–H groups in total. The summed E-state index contributed by atoms with van der Waals surface area (Å²) in [4.78, 5) is 72.8. The molecule has 0 rings (SSSR count). The van der Waals surface area contributed by atoms with Gasteiger partial charge in [0.2, 0.25) is 0 Å². The van der Waals surface area contributed by atoms with Gasteiger partial charge in [-0.15, -0.1) is 0 Å². The Labute approximate surface area is 581 Å². The number of phosphoric ester groups is 2. The SMILES string of the molecule is CCC(C)CCCCCCCCCCCCCCCCC(=O)O[C@H](COC(=O)CCCCCCCCCCCCCCCCC(C)C)COP(=O)(O)OC[C@@H](O)COP(=O)(O)OC[C@@H](COC(=O)CCCCCCCCC(C)CC)OC(=O)CCCCCCCCCC(C)C. The first-order chi connectivity index (χ1) is 45.7. The van der Waals surface area contributed by atoms with Crippen molar-refractivity contribution < 1.29 is 80.2 Å². The molecule has 0 aliphatic heterocycles. The van der Waals surface area contributed by atoms with E-state index in [1.165, 1.54) is 180 Å². The maximum atomic E-state index is 13.1. The molecule has 0 aliphatic rings. The number of esters is 4. The average Bonchev–Trinajstić information content (AvgIpc) is 2.11. The fourth-order valence-electron chi connectivity index (χ4n) is 11.5. The number of aliphatic hydroxyl groups is 1. The topological polar surface area (TPSA) is 237 Å². The zero-order valence-corrected chi connectivity index (χ0v) is 64.1. The summed E-state index contributed by atoms with van der Waals surface area (Å²) < 4.78 is 68.5. The summed E-state index contributed by atoms with van der Waals surface area (Å²) in [6.45, 7) is 14.2. The van der Waals surface area contributed by atoms with Crippen LogP contribution in [0.4, 0.5) is 0 Å². The van der Waals surface area contributed by atoms with Crippen molar-refractivity contribution >= 4 is 39.5 Å². The second-order valence-corrected chi connectivity index (χ2v) is 31.7. The molecule has 0 spiro atoms. The van der Waals surface area contributed by atoms with Gasteiger partial charge in [0.15, 0.2) is 12.2 Å². The highest BCUT2D eigenvalue weighted by molar-refractivity contribution is 7.47. The van der Waals surface area contributed by atoms with E-state index in [0.29, 0.717) is 31.6 Å². The summed E-state index contributed by atoms with van der Waals surface area (Å²) in [5, 5.41) is 10.6. The molecule has 564 valence electrons. The minimum absolute atomic E-state index is 0.102. The third-order valence-electron chi connectivity index (χ3n) is 18.3. The number of carbonyl (C=O) groups excluding carboxylic acids is 4. The first-order valence-corrected chi connectivity index (χ1v) is 42.3. The molecule has 0 fully saturated rings. The highest BCUT2D eigenvalue weighted by atomic mass is 31.2. The normalized spacial score (nSPS) is 14.7. The van der Waals surface area contributed by atoms with E-state index in [1.54, 1.807) is 0 Å². The molecule has 0 heterocycles. The molecule has 0 radical (unpaired) electrons. The van der Waals surface area contributed by atoms with E-state index < -0.39 is 97.5 Å². The van der Waals surface area contributed by atoms with Crippen LogP contribution in [0, 0.1) is 23.7 Å². The molecule has 0 amide bonds. The Hall–Kier alpha value is -1.94. The van der Waals surface area contributed by atoms with Crippen molar-refractivity contribution in [3.8, 4) is 0 Å². The lowest BCUT2D eigenvalue weighted by Gasteiger charge is -2.21. The van der Waals surface area contributed by atoms with E-state index >= 15 is 0 Å². The molecule has 0 aromatic rings. The minimum atomic E-state index is -4.96. The van der Waals surface area contributed by atoms with Crippen LogP contribution in [-0.2, 0) is 65.4 Å². The second kappa shape index (κ2) is 65.4. The van der Waals surface area contributed by atoms with Gasteiger partial charge in [-0.1, -0.05) is 331 Å². The second-order valence-electron chi connectivity index (χ2n) is 28.8. The smallest absolute Gasteiger partial charge is 0.462 e. The van der Waals surface area contributed by atoms with E-state index in [0.717, 1.165) is 114 Å². The fourth-order valence-corrected chi connectivity index (χ4v) is 13.1. The van der Waals surface area contributed by atoms with Crippen molar-refractivity contribution in [2.24, 2.45) is 23.7 Å².